The third-order valence-corrected chi connectivity index (χ3v) is 3.48. The second kappa shape index (κ2) is 7.00. The number of carbonyl (C=O) groups is 2. The van der Waals surface area contributed by atoms with E-state index in [4.69, 9.17) is 4.74 Å². The molecule has 0 unspecified atom stereocenters. The lowest BCUT2D eigenvalue weighted by Gasteiger charge is -2.12. The Hall–Kier alpha value is -1.95. The van der Waals surface area contributed by atoms with Gasteiger partial charge in [0.1, 0.15) is 6.29 Å². The SMILES string of the molecule is O=Cc1ccc(/C([I-])=C/OC(=O)c2ccccc2)cc1. The maximum atomic E-state index is 11.8. The Morgan fingerprint density at radius 2 is 1.60 bits per heavy atom. The average molecular weight is 378 g/mol. The van der Waals surface area contributed by atoms with Crippen molar-refractivity contribution in [1.82, 2.24) is 0 Å². The minimum absolute atomic E-state index is 0.399. The molecule has 0 aliphatic rings. The van der Waals surface area contributed by atoms with E-state index in [0.717, 1.165) is 15.4 Å². The molecule has 0 aliphatic carbocycles. The van der Waals surface area contributed by atoms with E-state index in [-0.39, 0.29) is 0 Å². The van der Waals surface area contributed by atoms with E-state index in [1.165, 1.54) is 6.26 Å². The summed E-state index contributed by atoms with van der Waals surface area (Å²) in [6.07, 6.45) is 2.20. The predicted molar refractivity (Wildman–Crippen MR) is 71.7 cm³/mol. The molecular formula is C16H11IO3-. The molecule has 2 aromatic rings. The first-order chi connectivity index (χ1) is 9.70. The Labute approximate surface area is 130 Å². The Bertz CT molecular complexity index is 631. The third-order valence-electron chi connectivity index (χ3n) is 2.60. The molecule has 0 spiro atoms. The fraction of sp³-hybridized carbons (Fsp3) is 0. The van der Waals surface area contributed by atoms with E-state index in [9.17, 15) is 9.59 Å². The molecule has 0 amide bonds. The Balaban J connectivity index is 2.06. The molecule has 20 heavy (non-hydrogen) atoms. The standard InChI is InChI=1S/C16H11IO3/c17-15(13-8-6-12(10-18)7-9-13)11-20-16(19)14-4-2-1-3-5-14/h1-11H/q-1/b15-11-. The van der Waals surface area contributed by atoms with Gasteiger partial charge >= 0.3 is 5.97 Å². The molecule has 2 aromatic carbocycles. The van der Waals surface area contributed by atoms with Crippen molar-refractivity contribution in [3.05, 3.63) is 77.5 Å². The number of aldehydes is 1. The van der Waals surface area contributed by atoms with Gasteiger partial charge in [-0.05, 0) is 17.7 Å². The van der Waals surface area contributed by atoms with Crippen LogP contribution in [0.5, 0.6) is 0 Å². The van der Waals surface area contributed by atoms with E-state index in [1.54, 1.807) is 48.5 Å². The van der Waals surface area contributed by atoms with Crippen LogP contribution < -0.4 is 22.6 Å². The van der Waals surface area contributed by atoms with Crippen LogP contribution in [0.15, 0.2) is 60.9 Å². The van der Waals surface area contributed by atoms with Crippen molar-refractivity contribution in [1.29, 1.82) is 0 Å². The van der Waals surface area contributed by atoms with Crippen LogP contribution in [0, 0.1) is 0 Å². The van der Waals surface area contributed by atoms with Gasteiger partial charge in [0.25, 0.3) is 0 Å². The molecule has 101 valence electrons. The third kappa shape index (κ3) is 3.77. The molecule has 0 bridgehead atoms. The quantitative estimate of drug-likeness (QED) is 0.331. The summed E-state index contributed by atoms with van der Waals surface area (Å²) >= 11 is 2.08. The van der Waals surface area contributed by atoms with Gasteiger partial charge in [-0.15, -0.1) is 3.58 Å². The van der Waals surface area contributed by atoms with Crippen LogP contribution in [0.25, 0.3) is 3.58 Å². The zero-order valence-electron chi connectivity index (χ0n) is 10.5. The van der Waals surface area contributed by atoms with Gasteiger partial charge in [-0.25, -0.2) is 4.79 Å². The molecule has 0 saturated carbocycles. The first-order valence-electron chi connectivity index (χ1n) is 5.88. The lowest BCUT2D eigenvalue weighted by Crippen LogP contribution is -3.32. The summed E-state index contributed by atoms with van der Waals surface area (Å²) in [6, 6.07) is 15.8. The molecule has 0 heterocycles. The van der Waals surface area contributed by atoms with Crippen molar-refractivity contribution in [2.75, 3.05) is 0 Å². The monoisotopic (exact) mass is 378 g/mol. The molecule has 1 radical (unpaired) electrons. The molecule has 0 atom stereocenters. The van der Waals surface area contributed by atoms with Gasteiger partial charge in [0.15, 0.2) is 0 Å². The smallest absolute Gasteiger partial charge is 0.342 e. The maximum Gasteiger partial charge on any atom is 0.342 e. The lowest BCUT2D eigenvalue weighted by molar-refractivity contribution is -0.245. The van der Waals surface area contributed by atoms with Crippen LogP contribution in [0.4, 0.5) is 0 Å². The van der Waals surface area contributed by atoms with Crippen molar-refractivity contribution in [3.63, 3.8) is 0 Å². The Morgan fingerprint density at radius 3 is 2.20 bits per heavy atom. The van der Waals surface area contributed by atoms with E-state index in [0.29, 0.717) is 11.1 Å². The molecular weight excluding hydrogens is 367 g/mol. The number of carbonyl (C=O) groups excluding carboxylic acids is 2. The minimum Gasteiger partial charge on any atom is -0.755 e. The van der Waals surface area contributed by atoms with Crippen molar-refractivity contribution < 1.29 is 36.9 Å². The summed E-state index contributed by atoms with van der Waals surface area (Å²) in [5.74, 6) is -0.399. The number of ether oxygens (including phenoxy) is 1. The Kier molecular flexibility index (Phi) is 5.06. The zero-order valence-corrected chi connectivity index (χ0v) is 12.6. The van der Waals surface area contributed by atoms with E-state index < -0.39 is 5.97 Å². The van der Waals surface area contributed by atoms with Gasteiger partial charge < -0.3 is 27.3 Å². The zero-order chi connectivity index (χ0) is 14.4. The number of hydrogen-bond donors (Lipinski definition) is 0. The highest BCUT2D eigenvalue weighted by atomic mass is 127. The van der Waals surface area contributed by atoms with Crippen LogP contribution in [-0.4, -0.2) is 12.3 Å². The number of benzene rings is 2. The summed E-state index contributed by atoms with van der Waals surface area (Å²) in [6.45, 7) is 0. The largest absolute Gasteiger partial charge is 0.755 e. The minimum atomic E-state index is -0.399. The highest BCUT2D eigenvalue weighted by molar-refractivity contribution is 5.90. The van der Waals surface area contributed by atoms with E-state index in [1.807, 2.05) is 6.07 Å². The number of rotatable bonds is 4. The molecule has 0 saturated heterocycles. The summed E-state index contributed by atoms with van der Waals surface area (Å²) in [5.41, 5.74) is 2.00. The van der Waals surface area contributed by atoms with Crippen LogP contribution >= 0.6 is 0 Å². The maximum absolute atomic E-state index is 11.8. The molecule has 2 rings (SSSR count). The first kappa shape index (κ1) is 14.5. The van der Waals surface area contributed by atoms with Crippen LogP contribution in [0.3, 0.4) is 0 Å². The first-order valence-corrected chi connectivity index (χ1v) is 6.96. The van der Waals surface area contributed by atoms with E-state index in [2.05, 4.69) is 22.6 Å². The van der Waals surface area contributed by atoms with E-state index >= 15 is 0 Å². The molecule has 0 aromatic heterocycles. The fourth-order valence-electron chi connectivity index (χ4n) is 1.54. The lowest BCUT2D eigenvalue weighted by atomic mass is 10.1. The van der Waals surface area contributed by atoms with Gasteiger partial charge in [-0.3, -0.25) is 4.79 Å². The number of esters is 1. The molecule has 0 fully saturated rings. The van der Waals surface area contributed by atoms with Crippen molar-refractivity contribution in [2.24, 2.45) is 0 Å². The van der Waals surface area contributed by atoms with Crippen LogP contribution in [0.2, 0.25) is 0 Å². The second-order valence-corrected chi connectivity index (χ2v) is 5.14. The summed E-state index contributed by atoms with van der Waals surface area (Å²) in [4.78, 5) is 22.3. The predicted octanol–water partition coefficient (Wildman–Crippen LogP) is 0.208. The summed E-state index contributed by atoms with van der Waals surface area (Å²) in [7, 11) is 0. The number of hydrogen-bond acceptors (Lipinski definition) is 3. The van der Waals surface area contributed by atoms with Gasteiger partial charge in [0.05, 0.1) is 11.8 Å². The molecule has 0 N–H and O–H groups in total. The van der Waals surface area contributed by atoms with Gasteiger partial charge in [-0.1, -0.05) is 42.5 Å². The normalized spacial score (nSPS) is 10.9. The fourth-order valence-corrected chi connectivity index (χ4v) is 2.02. The highest BCUT2D eigenvalue weighted by Gasteiger charge is 2.03. The van der Waals surface area contributed by atoms with Gasteiger partial charge in [-0.2, -0.15) is 0 Å². The molecule has 3 nitrogen and oxygen atoms in total. The van der Waals surface area contributed by atoms with Crippen molar-refractivity contribution >= 4 is 15.8 Å². The van der Waals surface area contributed by atoms with Crippen molar-refractivity contribution in [3.8, 4) is 0 Å². The van der Waals surface area contributed by atoms with Gasteiger partial charge in [0.2, 0.25) is 0 Å². The second-order valence-electron chi connectivity index (χ2n) is 3.98. The molecule has 4 heteroatoms. The Morgan fingerprint density at radius 1 is 0.950 bits per heavy atom. The summed E-state index contributed by atoms with van der Waals surface area (Å²) < 4.78 is 5.90. The highest BCUT2D eigenvalue weighted by Crippen LogP contribution is 2.09. The van der Waals surface area contributed by atoms with Gasteiger partial charge in [0, 0.05) is 5.56 Å². The molecule has 0 aliphatic heterocycles. The average Bonchev–Trinajstić information content (AvgIpc) is 2.53. The van der Waals surface area contributed by atoms with Crippen LogP contribution in [0.1, 0.15) is 26.3 Å². The van der Waals surface area contributed by atoms with Crippen molar-refractivity contribution in [2.45, 2.75) is 0 Å². The topological polar surface area (TPSA) is 43.4 Å². The number of halogens is 1. The summed E-state index contributed by atoms with van der Waals surface area (Å²) in [5, 5.41) is 0. The van der Waals surface area contributed by atoms with Crippen LogP contribution in [-0.2, 0) is 4.74 Å².